The molecule has 30 heavy (non-hydrogen) atoms. The molecule has 4 rings (SSSR count). The van der Waals surface area contributed by atoms with Crippen LogP contribution in [0.15, 0.2) is 88.3 Å². The van der Waals surface area contributed by atoms with Gasteiger partial charge in [-0.1, -0.05) is 42.5 Å². The van der Waals surface area contributed by atoms with E-state index in [2.05, 4.69) is 20.9 Å². The molecule has 0 aliphatic carbocycles. The Kier molecular flexibility index (Phi) is 5.54. The number of nitrogens with zero attached hydrogens (tertiary/aromatic N) is 2. The van der Waals surface area contributed by atoms with Crippen LogP contribution in [0.4, 0.5) is 0 Å². The lowest BCUT2D eigenvalue weighted by molar-refractivity contribution is 0.0467. The van der Waals surface area contributed by atoms with Gasteiger partial charge in [0.15, 0.2) is 5.78 Å². The van der Waals surface area contributed by atoms with Crippen LogP contribution in [0.1, 0.15) is 32.0 Å². The van der Waals surface area contributed by atoms with E-state index in [1.54, 1.807) is 66.9 Å². The van der Waals surface area contributed by atoms with Gasteiger partial charge in [-0.25, -0.2) is 9.78 Å². The van der Waals surface area contributed by atoms with E-state index >= 15 is 0 Å². The van der Waals surface area contributed by atoms with Crippen LogP contribution in [0.2, 0.25) is 0 Å². The average Bonchev–Trinajstić information content (AvgIpc) is 2.78. The maximum Gasteiger partial charge on any atom is 0.338 e. The Morgan fingerprint density at radius 3 is 2.30 bits per heavy atom. The van der Waals surface area contributed by atoms with Crippen molar-refractivity contribution < 1.29 is 14.3 Å². The summed E-state index contributed by atoms with van der Waals surface area (Å²) in [5, 5.41) is 0. The van der Waals surface area contributed by atoms with Crippen molar-refractivity contribution in [1.29, 1.82) is 0 Å². The van der Waals surface area contributed by atoms with Crippen LogP contribution < -0.4 is 5.56 Å². The van der Waals surface area contributed by atoms with Crippen molar-refractivity contribution in [2.75, 3.05) is 0 Å². The standard InChI is InChI=1S/C23H15BrN2O4/c24-18-10-11-20-25-19(12-21(27)26(20)13-18)14-30-23(29)17-8-6-16(7-9-17)22(28)15-4-2-1-3-5-15/h1-13H,14H2. The number of fused-ring (bicyclic) bond motifs is 1. The van der Waals surface area contributed by atoms with Crippen molar-refractivity contribution in [3.63, 3.8) is 0 Å². The highest BCUT2D eigenvalue weighted by Gasteiger charge is 2.12. The Bertz CT molecular complexity index is 1300. The number of hydrogen-bond donors (Lipinski definition) is 0. The Hall–Kier alpha value is -3.58. The Labute approximate surface area is 179 Å². The normalized spacial score (nSPS) is 10.7. The van der Waals surface area contributed by atoms with E-state index in [0.717, 1.165) is 4.47 Å². The first-order valence-corrected chi connectivity index (χ1v) is 9.85. The number of benzene rings is 2. The molecule has 2 heterocycles. The zero-order valence-corrected chi connectivity index (χ0v) is 17.2. The summed E-state index contributed by atoms with van der Waals surface area (Å²) in [5.74, 6) is -0.686. The largest absolute Gasteiger partial charge is 0.456 e. The van der Waals surface area contributed by atoms with E-state index in [0.29, 0.717) is 28.0 Å². The number of carbonyl (C=O) groups is 2. The minimum Gasteiger partial charge on any atom is -0.456 e. The van der Waals surface area contributed by atoms with Crippen molar-refractivity contribution in [3.05, 3.63) is 116 Å². The van der Waals surface area contributed by atoms with E-state index < -0.39 is 5.97 Å². The molecule has 7 heteroatoms. The number of ketones is 1. The molecule has 4 aromatic rings. The second-order valence-electron chi connectivity index (χ2n) is 6.51. The first-order chi connectivity index (χ1) is 14.5. The van der Waals surface area contributed by atoms with Crippen LogP contribution in [0, 0.1) is 0 Å². The average molecular weight is 463 g/mol. The van der Waals surface area contributed by atoms with Gasteiger partial charge >= 0.3 is 5.97 Å². The number of esters is 1. The molecule has 0 spiro atoms. The summed E-state index contributed by atoms with van der Waals surface area (Å²) in [6, 6.07) is 20.0. The van der Waals surface area contributed by atoms with Gasteiger partial charge in [-0.2, -0.15) is 0 Å². The smallest absolute Gasteiger partial charge is 0.338 e. The molecule has 0 amide bonds. The highest BCUT2D eigenvalue weighted by Crippen LogP contribution is 2.13. The maximum absolute atomic E-state index is 12.4. The van der Waals surface area contributed by atoms with Crippen LogP contribution in [0.25, 0.3) is 5.65 Å². The Balaban J connectivity index is 1.45. The lowest BCUT2D eigenvalue weighted by Crippen LogP contribution is -2.16. The lowest BCUT2D eigenvalue weighted by Gasteiger charge is -2.07. The van der Waals surface area contributed by atoms with Gasteiger partial charge in [-0.3, -0.25) is 14.0 Å². The highest BCUT2D eigenvalue weighted by atomic mass is 79.9. The number of ether oxygens (including phenoxy) is 1. The van der Waals surface area contributed by atoms with Gasteiger partial charge in [0.1, 0.15) is 12.3 Å². The first kappa shape index (κ1) is 19.7. The van der Waals surface area contributed by atoms with Gasteiger partial charge in [-0.05, 0) is 40.2 Å². The zero-order chi connectivity index (χ0) is 21.1. The molecule has 0 radical (unpaired) electrons. The monoisotopic (exact) mass is 462 g/mol. The summed E-state index contributed by atoms with van der Waals surface area (Å²) >= 11 is 3.31. The van der Waals surface area contributed by atoms with Crippen LogP contribution >= 0.6 is 15.9 Å². The predicted molar refractivity (Wildman–Crippen MR) is 115 cm³/mol. The molecule has 0 fully saturated rings. The molecule has 0 unspecified atom stereocenters. The van der Waals surface area contributed by atoms with Crippen LogP contribution in [-0.2, 0) is 11.3 Å². The molecule has 0 bridgehead atoms. The number of carbonyl (C=O) groups excluding carboxylic acids is 2. The first-order valence-electron chi connectivity index (χ1n) is 9.06. The predicted octanol–water partition coefficient (Wildman–Crippen LogP) is 4.05. The fourth-order valence-corrected chi connectivity index (χ4v) is 3.27. The number of hydrogen-bond acceptors (Lipinski definition) is 5. The van der Waals surface area contributed by atoms with Crippen LogP contribution in [-0.4, -0.2) is 21.1 Å². The minimum atomic E-state index is -0.563. The van der Waals surface area contributed by atoms with Gasteiger partial charge in [0.2, 0.25) is 0 Å². The quantitative estimate of drug-likeness (QED) is 0.330. The van der Waals surface area contributed by atoms with Gasteiger partial charge < -0.3 is 4.74 Å². The summed E-state index contributed by atoms with van der Waals surface area (Å²) in [5.41, 5.74) is 1.91. The molecule has 2 aromatic carbocycles. The van der Waals surface area contributed by atoms with Gasteiger partial charge in [-0.15, -0.1) is 0 Å². The number of halogens is 1. The molecule has 2 aromatic heterocycles. The fraction of sp³-hybridized carbons (Fsp3) is 0.0435. The summed E-state index contributed by atoms with van der Waals surface area (Å²) < 4.78 is 7.44. The van der Waals surface area contributed by atoms with Crippen LogP contribution in [0.3, 0.4) is 0 Å². The third-order valence-corrected chi connectivity index (χ3v) is 4.92. The number of pyridine rings is 1. The van der Waals surface area contributed by atoms with E-state index in [1.165, 1.54) is 10.5 Å². The molecule has 0 aliphatic heterocycles. The van der Waals surface area contributed by atoms with Crippen molar-refractivity contribution in [1.82, 2.24) is 9.38 Å². The number of rotatable bonds is 5. The molecule has 0 atom stereocenters. The second kappa shape index (κ2) is 8.42. The van der Waals surface area contributed by atoms with E-state index in [1.807, 2.05) is 6.07 Å². The zero-order valence-electron chi connectivity index (χ0n) is 15.6. The Morgan fingerprint density at radius 1 is 0.900 bits per heavy atom. The number of aromatic nitrogens is 2. The molecule has 0 saturated carbocycles. The summed E-state index contributed by atoms with van der Waals surface area (Å²) in [4.78, 5) is 41.3. The maximum atomic E-state index is 12.4. The van der Waals surface area contributed by atoms with Crippen molar-refractivity contribution in [2.45, 2.75) is 6.61 Å². The van der Waals surface area contributed by atoms with E-state index in [-0.39, 0.29) is 17.9 Å². The molecule has 0 saturated heterocycles. The molecular formula is C23H15BrN2O4. The minimum absolute atomic E-state index is 0.122. The van der Waals surface area contributed by atoms with Gasteiger partial charge in [0.05, 0.1) is 11.3 Å². The van der Waals surface area contributed by atoms with E-state index in [4.69, 9.17) is 4.74 Å². The van der Waals surface area contributed by atoms with Crippen molar-refractivity contribution in [2.24, 2.45) is 0 Å². The fourth-order valence-electron chi connectivity index (χ4n) is 2.94. The third-order valence-electron chi connectivity index (χ3n) is 4.45. The van der Waals surface area contributed by atoms with Crippen LogP contribution in [0.5, 0.6) is 0 Å². The second-order valence-corrected chi connectivity index (χ2v) is 7.43. The highest BCUT2D eigenvalue weighted by molar-refractivity contribution is 9.10. The van der Waals surface area contributed by atoms with Gasteiger partial charge in [0.25, 0.3) is 5.56 Å². The van der Waals surface area contributed by atoms with Crippen molar-refractivity contribution >= 4 is 33.3 Å². The Morgan fingerprint density at radius 2 is 1.57 bits per heavy atom. The lowest BCUT2D eigenvalue weighted by atomic mass is 10.0. The molecule has 0 aliphatic rings. The molecule has 148 valence electrons. The topological polar surface area (TPSA) is 77.7 Å². The molecular weight excluding hydrogens is 448 g/mol. The summed E-state index contributed by atoms with van der Waals surface area (Å²) in [7, 11) is 0. The summed E-state index contributed by atoms with van der Waals surface area (Å²) in [6.45, 7) is -0.134. The van der Waals surface area contributed by atoms with Gasteiger partial charge in [0, 0.05) is 27.9 Å². The van der Waals surface area contributed by atoms with E-state index in [9.17, 15) is 14.4 Å². The summed E-state index contributed by atoms with van der Waals surface area (Å²) in [6.07, 6.45) is 1.62. The van der Waals surface area contributed by atoms with Crippen molar-refractivity contribution in [3.8, 4) is 0 Å². The molecule has 0 N–H and O–H groups in total. The molecule has 6 nitrogen and oxygen atoms in total. The SMILES string of the molecule is O=C(OCc1cc(=O)n2cc(Br)ccc2n1)c1ccc(C(=O)c2ccccc2)cc1. The third kappa shape index (κ3) is 4.21.